The summed E-state index contributed by atoms with van der Waals surface area (Å²) < 4.78 is 6.27. The van der Waals surface area contributed by atoms with E-state index in [-0.39, 0.29) is 43.0 Å². The van der Waals surface area contributed by atoms with Gasteiger partial charge in [-0.1, -0.05) is 30.3 Å². The molecule has 3 N–H and O–H groups in total. The second-order valence-electron chi connectivity index (χ2n) is 8.68. The van der Waals surface area contributed by atoms with Crippen molar-refractivity contribution in [3.8, 4) is 0 Å². The molecule has 8 nitrogen and oxygen atoms in total. The first-order valence-electron chi connectivity index (χ1n) is 10.6. The summed E-state index contributed by atoms with van der Waals surface area (Å²) in [5.41, 5.74) is -0.0385. The fourth-order valence-electron chi connectivity index (χ4n) is 5.37. The van der Waals surface area contributed by atoms with Gasteiger partial charge in [0.05, 0.1) is 24.5 Å². The molecule has 30 heavy (non-hydrogen) atoms. The maximum Gasteiger partial charge on any atom is 0.246 e. The van der Waals surface area contributed by atoms with E-state index >= 15 is 0 Å². The smallest absolute Gasteiger partial charge is 0.246 e. The number of β-amino-alcohol motifs (C(OH)–C–C–N with tert-alkyl or cyclic N) is 1. The van der Waals surface area contributed by atoms with Gasteiger partial charge in [-0.2, -0.15) is 0 Å². The summed E-state index contributed by atoms with van der Waals surface area (Å²) in [6, 6.07) is 8.65. The first-order valence-corrected chi connectivity index (χ1v) is 10.6. The molecular formula is C22H29N3O5. The van der Waals surface area contributed by atoms with Crippen molar-refractivity contribution in [3.05, 3.63) is 35.9 Å². The highest BCUT2D eigenvalue weighted by Crippen LogP contribution is 2.58. The summed E-state index contributed by atoms with van der Waals surface area (Å²) in [5, 5.41) is 15.3. The highest BCUT2D eigenvalue weighted by atomic mass is 16.5. The van der Waals surface area contributed by atoms with Crippen LogP contribution >= 0.6 is 0 Å². The Morgan fingerprint density at radius 2 is 2.00 bits per heavy atom. The van der Waals surface area contributed by atoms with Crippen LogP contribution in [0.2, 0.25) is 0 Å². The van der Waals surface area contributed by atoms with Gasteiger partial charge in [0, 0.05) is 19.1 Å². The van der Waals surface area contributed by atoms with Gasteiger partial charge in [0.1, 0.15) is 11.6 Å². The largest absolute Gasteiger partial charge is 0.395 e. The van der Waals surface area contributed by atoms with E-state index in [9.17, 15) is 19.5 Å². The minimum Gasteiger partial charge on any atom is -0.395 e. The van der Waals surface area contributed by atoms with Crippen LogP contribution in [0.3, 0.4) is 0 Å². The molecule has 3 aliphatic rings. The van der Waals surface area contributed by atoms with Gasteiger partial charge in [0.15, 0.2) is 0 Å². The van der Waals surface area contributed by atoms with Crippen LogP contribution in [-0.2, 0) is 25.7 Å². The minimum atomic E-state index is -1.01. The van der Waals surface area contributed by atoms with Gasteiger partial charge >= 0.3 is 0 Å². The molecule has 0 saturated carbocycles. The van der Waals surface area contributed by atoms with Crippen molar-refractivity contribution in [1.29, 1.82) is 0 Å². The number of nitrogens with zero attached hydrogens (tertiary/aromatic N) is 1. The van der Waals surface area contributed by atoms with Crippen molar-refractivity contribution < 1.29 is 24.2 Å². The molecule has 1 aromatic carbocycles. The number of amides is 3. The zero-order valence-corrected chi connectivity index (χ0v) is 17.3. The van der Waals surface area contributed by atoms with Crippen molar-refractivity contribution in [2.45, 2.75) is 57.0 Å². The Labute approximate surface area is 176 Å². The number of ether oxygens (including phenoxy) is 1. The van der Waals surface area contributed by atoms with Gasteiger partial charge in [-0.15, -0.1) is 0 Å². The van der Waals surface area contributed by atoms with Crippen LogP contribution in [-0.4, -0.2) is 64.7 Å². The number of benzene rings is 1. The molecule has 3 fully saturated rings. The van der Waals surface area contributed by atoms with Gasteiger partial charge in [-0.05, 0) is 32.3 Å². The fraction of sp³-hybridized carbons (Fsp3) is 0.591. The lowest BCUT2D eigenvalue weighted by atomic mass is 9.70. The average molecular weight is 415 g/mol. The summed E-state index contributed by atoms with van der Waals surface area (Å²) in [5.74, 6) is -2.14. The van der Waals surface area contributed by atoms with Crippen molar-refractivity contribution >= 4 is 17.7 Å². The Kier molecular flexibility index (Phi) is 5.55. The molecule has 2 bridgehead atoms. The second kappa shape index (κ2) is 8.00. The van der Waals surface area contributed by atoms with Crippen LogP contribution < -0.4 is 10.6 Å². The van der Waals surface area contributed by atoms with Crippen molar-refractivity contribution in [3.63, 3.8) is 0 Å². The number of hydrogen-bond acceptors (Lipinski definition) is 5. The molecule has 3 saturated heterocycles. The Morgan fingerprint density at radius 1 is 1.27 bits per heavy atom. The van der Waals surface area contributed by atoms with Crippen LogP contribution in [0.15, 0.2) is 30.3 Å². The van der Waals surface area contributed by atoms with Crippen LogP contribution in [0.1, 0.15) is 32.3 Å². The van der Waals surface area contributed by atoms with Crippen LogP contribution in [0, 0.1) is 11.8 Å². The van der Waals surface area contributed by atoms with E-state index in [0.717, 1.165) is 5.56 Å². The van der Waals surface area contributed by atoms with E-state index in [1.807, 2.05) is 44.2 Å². The number of nitrogens with one attached hydrogen (secondary N) is 2. The number of hydrogen-bond donors (Lipinski definition) is 3. The molecule has 5 atom stereocenters. The topological polar surface area (TPSA) is 108 Å². The minimum absolute atomic E-state index is 0.0413. The van der Waals surface area contributed by atoms with Gasteiger partial charge in [0.25, 0.3) is 0 Å². The predicted molar refractivity (Wildman–Crippen MR) is 108 cm³/mol. The third-order valence-electron chi connectivity index (χ3n) is 6.43. The monoisotopic (exact) mass is 415 g/mol. The van der Waals surface area contributed by atoms with E-state index in [1.54, 1.807) is 0 Å². The molecular weight excluding hydrogens is 386 g/mol. The molecule has 3 amide bonds. The second-order valence-corrected chi connectivity index (χ2v) is 8.68. The Bertz CT molecular complexity index is 829. The highest BCUT2D eigenvalue weighted by molar-refractivity contribution is 5.98. The summed E-state index contributed by atoms with van der Waals surface area (Å²) in [7, 11) is 0. The van der Waals surface area contributed by atoms with Crippen LogP contribution in [0.5, 0.6) is 0 Å². The number of aliphatic hydroxyl groups is 1. The molecule has 0 aromatic heterocycles. The molecule has 2 unspecified atom stereocenters. The number of likely N-dealkylation sites (tertiary alicyclic amines) is 1. The number of fused-ring (bicyclic) bond motifs is 1. The van der Waals surface area contributed by atoms with Crippen molar-refractivity contribution in [2.24, 2.45) is 11.8 Å². The summed E-state index contributed by atoms with van der Waals surface area (Å²) in [6.45, 7) is 3.86. The molecule has 162 valence electrons. The molecule has 1 spiro atoms. The summed E-state index contributed by atoms with van der Waals surface area (Å²) in [6.07, 6.45) is 0.806. The molecule has 0 aliphatic carbocycles. The quantitative estimate of drug-likeness (QED) is 0.589. The maximum absolute atomic E-state index is 13.3. The third-order valence-corrected chi connectivity index (χ3v) is 6.43. The predicted octanol–water partition coefficient (Wildman–Crippen LogP) is 0.194. The zero-order valence-electron chi connectivity index (χ0n) is 17.3. The molecule has 8 heteroatoms. The summed E-state index contributed by atoms with van der Waals surface area (Å²) >= 11 is 0. The van der Waals surface area contributed by atoms with E-state index in [0.29, 0.717) is 19.4 Å². The molecule has 3 aliphatic heterocycles. The SMILES string of the molecule is CC(C)NC(=O)C1N(CCO)C(=O)[C@@H]2[C@@H](C(=O)NCc3ccccc3)[C@H]3CCC12O3. The lowest BCUT2D eigenvalue weighted by molar-refractivity contribution is -0.142. The standard InChI is InChI=1S/C22H29N3O5/c1-13(2)24-20(28)18-22-9-8-15(30-22)16(17(22)21(29)25(18)10-11-26)19(27)23-12-14-6-4-3-5-7-14/h3-7,13,15-18,26H,8-12H2,1-2H3,(H,23,27)(H,24,28)/t15-,16+,17+,18?,22?/m1/s1. The molecule has 0 radical (unpaired) electrons. The van der Waals surface area contributed by atoms with Gasteiger partial charge in [0.2, 0.25) is 17.7 Å². The van der Waals surface area contributed by atoms with Crippen molar-refractivity contribution in [1.82, 2.24) is 15.5 Å². The Morgan fingerprint density at radius 3 is 2.67 bits per heavy atom. The zero-order chi connectivity index (χ0) is 21.5. The first kappa shape index (κ1) is 20.8. The normalized spacial score (nSPS) is 31.9. The maximum atomic E-state index is 13.3. The van der Waals surface area contributed by atoms with Crippen molar-refractivity contribution in [2.75, 3.05) is 13.2 Å². The number of carbonyl (C=O) groups is 3. The number of rotatable bonds is 7. The Balaban J connectivity index is 1.59. The van der Waals surface area contributed by atoms with Crippen LogP contribution in [0.25, 0.3) is 0 Å². The number of aliphatic hydroxyl groups excluding tert-OH is 1. The molecule has 4 rings (SSSR count). The third kappa shape index (κ3) is 3.28. The molecule has 3 heterocycles. The lowest BCUT2D eigenvalue weighted by Gasteiger charge is -2.33. The van der Waals surface area contributed by atoms with E-state index in [4.69, 9.17) is 4.74 Å². The van der Waals surface area contributed by atoms with Crippen LogP contribution in [0.4, 0.5) is 0 Å². The lowest BCUT2D eigenvalue weighted by Crippen LogP contribution is -2.56. The summed E-state index contributed by atoms with van der Waals surface area (Å²) in [4.78, 5) is 40.9. The van der Waals surface area contributed by atoms with Gasteiger partial charge < -0.3 is 25.4 Å². The van der Waals surface area contributed by atoms with Gasteiger partial charge in [-0.25, -0.2) is 0 Å². The van der Waals surface area contributed by atoms with E-state index in [2.05, 4.69) is 10.6 Å². The highest BCUT2D eigenvalue weighted by Gasteiger charge is 2.74. The molecule has 1 aromatic rings. The fourth-order valence-corrected chi connectivity index (χ4v) is 5.37. The van der Waals surface area contributed by atoms with E-state index < -0.39 is 23.5 Å². The number of carbonyl (C=O) groups excluding carboxylic acids is 3. The van der Waals surface area contributed by atoms with E-state index in [1.165, 1.54) is 4.90 Å². The first-order chi connectivity index (χ1) is 14.4. The Hall–Kier alpha value is -2.45. The average Bonchev–Trinajstić information content (AvgIpc) is 3.34. The van der Waals surface area contributed by atoms with Gasteiger partial charge in [-0.3, -0.25) is 14.4 Å².